The van der Waals surface area contributed by atoms with E-state index in [1.54, 1.807) is 11.3 Å². The van der Waals surface area contributed by atoms with E-state index in [0.29, 0.717) is 5.69 Å². The topological polar surface area (TPSA) is 64.7 Å². The number of rotatable bonds is 7. The minimum atomic E-state index is -0.366. The van der Waals surface area contributed by atoms with Crippen molar-refractivity contribution in [3.8, 4) is 0 Å². The summed E-state index contributed by atoms with van der Waals surface area (Å²) in [5.74, 6) is -0.880. The second kappa shape index (κ2) is 10.00. The maximum atomic E-state index is 12.9. The Bertz CT molecular complexity index is 1050. The van der Waals surface area contributed by atoms with Crippen LogP contribution >= 0.6 is 11.3 Å². The lowest BCUT2D eigenvalue weighted by Gasteiger charge is -2.34. The zero-order chi connectivity index (χ0) is 21.6. The lowest BCUT2D eigenvalue weighted by Crippen LogP contribution is -2.49. The summed E-state index contributed by atoms with van der Waals surface area (Å²) in [5, 5.41) is 8.84. The molecule has 162 valence electrons. The monoisotopic (exact) mass is 440 g/mol. The van der Waals surface area contributed by atoms with Crippen molar-refractivity contribution in [3.63, 3.8) is 0 Å². The van der Waals surface area contributed by atoms with Crippen LogP contribution in [0, 0.1) is 5.82 Å². The normalized spacial score (nSPS) is 15.1. The van der Waals surface area contributed by atoms with Gasteiger partial charge in [0, 0.05) is 43.1 Å². The molecule has 3 aromatic rings. The van der Waals surface area contributed by atoms with Crippen molar-refractivity contribution < 1.29 is 14.0 Å². The minimum Gasteiger partial charge on any atom is -0.346 e. The van der Waals surface area contributed by atoms with Gasteiger partial charge in [-0.3, -0.25) is 19.4 Å². The average molecular weight is 441 g/mol. The van der Waals surface area contributed by atoms with Crippen molar-refractivity contribution >= 4 is 38.9 Å². The summed E-state index contributed by atoms with van der Waals surface area (Å²) in [6.07, 6.45) is 0. The summed E-state index contributed by atoms with van der Waals surface area (Å²) in [6, 6.07) is 14.0. The van der Waals surface area contributed by atoms with E-state index in [0.717, 1.165) is 32.7 Å². The highest BCUT2D eigenvalue weighted by molar-refractivity contribution is 7.17. The van der Waals surface area contributed by atoms with Crippen LogP contribution in [0.25, 0.3) is 10.1 Å². The van der Waals surface area contributed by atoms with Crippen LogP contribution in [0.5, 0.6) is 0 Å². The Hall–Kier alpha value is -2.81. The van der Waals surface area contributed by atoms with E-state index in [4.69, 9.17) is 0 Å². The molecule has 8 heteroatoms. The van der Waals surface area contributed by atoms with Crippen molar-refractivity contribution in [2.45, 2.75) is 6.54 Å². The number of carbonyl (C=O) groups is 2. The molecule has 1 aliphatic rings. The van der Waals surface area contributed by atoms with Gasteiger partial charge in [0.2, 0.25) is 11.8 Å². The average Bonchev–Trinajstić information content (AvgIpc) is 3.18. The largest absolute Gasteiger partial charge is 0.346 e. The molecule has 0 saturated carbocycles. The minimum absolute atomic E-state index is 0.110. The molecule has 0 aliphatic carbocycles. The van der Waals surface area contributed by atoms with Gasteiger partial charge in [-0.1, -0.05) is 18.2 Å². The third-order valence-corrected chi connectivity index (χ3v) is 6.37. The number of hydrogen-bond donors (Lipinski definition) is 2. The zero-order valence-corrected chi connectivity index (χ0v) is 18.0. The predicted molar refractivity (Wildman–Crippen MR) is 122 cm³/mol. The molecule has 2 aromatic carbocycles. The molecule has 31 heavy (non-hydrogen) atoms. The molecule has 2 heterocycles. The summed E-state index contributed by atoms with van der Waals surface area (Å²) in [4.78, 5) is 28.7. The fourth-order valence-electron chi connectivity index (χ4n) is 3.68. The van der Waals surface area contributed by atoms with E-state index in [1.165, 1.54) is 39.9 Å². The van der Waals surface area contributed by atoms with Crippen molar-refractivity contribution in [2.75, 3.05) is 44.6 Å². The molecule has 0 radical (unpaired) electrons. The van der Waals surface area contributed by atoms with Gasteiger partial charge in [-0.05, 0) is 46.7 Å². The number of thiophene rings is 1. The Labute approximate surface area is 184 Å². The maximum absolute atomic E-state index is 12.9. The van der Waals surface area contributed by atoms with Crippen LogP contribution in [0.1, 0.15) is 5.56 Å². The van der Waals surface area contributed by atoms with E-state index in [2.05, 4.69) is 50.1 Å². The van der Waals surface area contributed by atoms with Crippen molar-refractivity contribution in [3.05, 3.63) is 65.3 Å². The zero-order valence-electron chi connectivity index (χ0n) is 17.1. The molecule has 1 fully saturated rings. The SMILES string of the molecule is O=C(CN1CCN(Cc2csc3ccccc23)CC1)NCC(=O)Nc1ccc(F)cc1. The van der Waals surface area contributed by atoms with Gasteiger partial charge in [0.1, 0.15) is 5.82 Å². The molecule has 6 nitrogen and oxygen atoms in total. The second-order valence-corrected chi connectivity index (χ2v) is 8.55. The summed E-state index contributed by atoms with van der Waals surface area (Å²) < 4.78 is 14.2. The number of hydrogen-bond acceptors (Lipinski definition) is 5. The van der Waals surface area contributed by atoms with Gasteiger partial charge in [-0.25, -0.2) is 4.39 Å². The summed E-state index contributed by atoms with van der Waals surface area (Å²) in [6.45, 7) is 4.54. The third kappa shape index (κ3) is 5.88. The Morgan fingerprint density at radius 3 is 2.42 bits per heavy atom. The molecule has 2 N–H and O–H groups in total. The number of piperazine rings is 1. The molecule has 1 aromatic heterocycles. The Morgan fingerprint density at radius 2 is 1.65 bits per heavy atom. The first-order valence-corrected chi connectivity index (χ1v) is 11.2. The number of fused-ring (bicyclic) bond motifs is 1. The molecule has 0 bridgehead atoms. The lowest BCUT2D eigenvalue weighted by atomic mass is 10.1. The molecule has 4 rings (SSSR count). The Balaban J connectivity index is 1.17. The predicted octanol–water partition coefficient (Wildman–Crippen LogP) is 2.91. The van der Waals surface area contributed by atoms with Crippen LogP contribution < -0.4 is 10.6 Å². The van der Waals surface area contributed by atoms with Gasteiger partial charge in [0.05, 0.1) is 13.1 Å². The van der Waals surface area contributed by atoms with E-state index in [1.807, 2.05) is 0 Å². The summed E-state index contributed by atoms with van der Waals surface area (Å²) in [5.41, 5.74) is 1.86. The molecule has 1 saturated heterocycles. The number of carbonyl (C=O) groups excluding carboxylic acids is 2. The number of nitrogens with zero attached hydrogens (tertiary/aromatic N) is 2. The Kier molecular flexibility index (Phi) is 6.91. The number of benzene rings is 2. The molecule has 2 amide bonds. The van der Waals surface area contributed by atoms with E-state index < -0.39 is 0 Å². The van der Waals surface area contributed by atoms with E-state index >= 15 is 0 Å². The van der Waals surface area contributed by atoms with Crippen molar-refractivity contribution in [1.29, 1.82) is 0 Å². The van der Waals surface area contributed by atoms with Gasteiger partial charge < -0.3 is 10.6 Å². The van der Waals surface area contributed by atoms with Gasteiger partial charge in [0.15, 0.2) is 0 Å². The van der Waals surface area contributed by atoms with Crippen molar-refractivity contribution in [2.24, 2.45) is 0 Å². The number of amides is 2. The van der Waals surface area contributed by atoms with Crippen LogP contribution in [0.2, 0.25) is 0 Å². The molecule has 0 unspecified atom stereocenters. The molecule has 0 atom stereocenters. The second-order valence-electron chi connectivity index (χ2n) is 7.64. The first kappa shape index (κ1) is 21.4. The van der Waals surface area contributed by atoms with Gasteiger partial charge in [-0.15, -0.1) is 11.3 Å². The molecular formula is C23H25FN4O2S. The van der Waals surface area contributed by atoms with Crippen LogP contribution in [0.4, 0.5) is 10.1 Å². The van der Waals surface area contributed by atoms with Gasteiger partial charge in [-0.2, -0.15) is 0 Å². The van der Waals surface area contributed by atoms with Gasteiger partial charge in [0.25, 0.3) is 0 Å². The third-order valence-electron chi connectivity index (χ3n) is 5.36. The smallest absolute Gasteiger partial charge is 0.243 e. The number of halogens is 1. The van der Waals surface area contributed by atoms with Crippen molar-refractivity contribution in [1.82, 2.24) is 15.1 Å². The number of anilines is 1. The lowest BCUT2D eigenvalue weighted by molar-refractivity contribution is -0.125. The van der Waals surface area contributed by atoms with E-state index in [9.17, 15) is 14.0 Å². The first-order chi connectivity index (χ1) is 15.1. The number of nitrogens with one attached hydrogen (secondary N) is 2. The molecule has 0 spiro atoms. The van der Waals surface area contributed by atoms with Crippen LogP contribution in [0.3, 0.4) is 0 Å². The highest BCUT2D eigenvalue weighted by Crippen LogP contribution is 2.26. The fraction of sp³-hybridized carbons (Fsp3) is 0.304. The van der Waals surface area contributed by atoms with Crippen LogP contribution in [-0.2, 0) is 16.1 Å². The maximum Gasteiger partial charge on any atom is 0.243 e. The van der Waals surface area contributed by atoms with Gasteiger partial charge >= 0.3 is 0 Å². The summed E-state index contributed by atoms with van der Waals surface area (Å²) >= 11 is 1.78. The standard InChI is InChI=1S/C23H25FN4O2S/c24-18-5-7-19(8-6-18)26-22(29)13-25-23(30)15-28-11-9-27(10-12-28)14-17-16-31-21-4-2-1-3-20(17)21/h1-8,16H,9-15H2,(H,25,30)(H,26,29). The molecule has 1 aliphatic heterocycles. The summed E-state index contributed by atoms with van der Waals surface area (Å²) in [7, 11) is 0. The first-order valence-electron chi connectivity index (χ1n) is 10.3. The van der Waals surface area contributed by atoms with Crippen LogP contribution in [0.15, 0.2) is 53.9 Å². The molecular weight excluding hydrogens is 415 g/mol. The Morgan fingerprint density at radius 1 is 0.935 bits per heavy atom. The highest BCUT2D eigenvalue weighted by Gasteiger charge is 2.20. The quantitative estimate of drug-likeness (QED) is 0.593. The fourth-order valence-corrected chi connectivity index (χ4v) is 4.63. The highest BCUT2D eigenvalue weighted by atomic mass is 32.1. The van der Waals surface area contributed by atoms with Crippen LogP contribution in [-0.4, -0.2) is 60.9 Å². The van der Waals surface area contributed by atoms with E-state index in [-0.39, 0.29) is 30.7 Å².